The van der Waals surface area contributed by atoms with Crippen molar-refractivity contribution in [2.75, 3.05) is 17.2 Å². The fourth-order valence-electron chi connectivity index (χ4n) is 4.88. The van der Waals surface area contributed by atoms with Gasteiger partial charge in [-0.15, -0.1) is 0 Å². The van der Waals surface area contributed by atoms with E-state index in [1.54, 1.807) is 0 Å². The molecule has 0 saturated carbocycles. The van der Waals surface area contributed by atoms with Gasteiger partial charge in [-0.3, -0.25) is 9.88 Å². The van der Waals surface area contributed by atoms with Crippen LogP contribution in [0.25, 0.3) is 22.6 Å². The average Bonchev–Trinajstić information content (AvgIpc) is 3.28. The van der Waals surface area contributed by atoms with Gasteiger partial charge in [-0.1, -0.05) is 126 Å². The molecule has 0 unspecified atom stereocenters. The third kappa shape index (κ3) is 7.71. The molecule has 0 radical (unpaired) electrons. The lowest BCUT2D eigenvalue weighted by molar-refractivity contribution is 0.0893. The molecule has 1 heterocycles. The second kappa shape index (κ2) is 13.7. The molecule has 222 valence electrons. The summed E-state index contributed by atoms with van der Waals surface area (Å²) in [6.45, 7) is 16.5. The smallest absolute Gasteiger partial charge is 0.324 e. The van der Waals surface area contributed by atoms with E-state index in [2.05, 4.69) is 76.2 Å². The average molecular weight is 603 g/mol. The maximum absolute atomic E-state index is 13.7. The van der Waals surface area contributed by atoms with E-state index in [9.17, 15) is 4.79 Å². The zero-order valence-electron chi connectivity index (χ0n) is 25.8. The minimum Gasteiger partial charge on any atom is -0.361 e. The molecule has 4 aromatic rings. The van der Waals surface area contributed by atoms with Gasteiger partial charge in [0.15, 0.2) is 5.82 Å². The highest BCUT2D eigenvalue weighted by Crippen LogP contribution is 2.38. The van der Waals surface area contributed by atoms with Crippen molar-refractivity contribution in [1.29, 1.82) is 0 Å². The molecule has 42 heavy (non-hydrogen) atoms. The largest absolute Gasteiger partial charge is 0.361 e. The van der Waals surface area contributed by atoms with Crippen LogP contribution in [-0.2, 0) is 11.5 Å². The molecule has 2 amide bonds. The second-order valence-corrected chi connectivity index (χ2v) is 18.5. The Hall–Kier alpha value is -3.39. The summed E-state index contributed by atoms with van der Waals surface area (Å²) in [5.74, 6) is 1.60. The Labute approximate surface area is 256 Å². The predicted octanol–water partition coefficient (Wildman–Crippen LogP) is 10.1. The molecule has 0 atom stereocenters. The number of para-hydroxylation sites is 1. The zero-order valence-corrected chi connectivity index (χ0v) is 27.5. The molecule has 0 fully saturated rings. The Bertz CT molecular complexity index is 1480. The first-order valence-electron chi connectivity index (χ1n) is 14.7. The van der Waals surface area contributed by atoms with Gasteiger partial charge in [0.25, 0.3) is 0 Å². The first-order valence-corrected chi connectivity index (χ1v) is 18.7. The summed E-state index contributed by atoms with van der Waals surface area (Å²) >= 11 is 6.75. The quantitative estimate of drug-likeness (QED) is 0.132. The Morgan fingerprint density at radius 3 is 2.10 bits per heavy atom. The molecule has 6 nitrogen and oxygen atoms in total. The number of nitrogens with zero attached hydrogens (tertiary/aromatic N) is 2. The number of aromatic nitrogens is 2. The summed E-state index contributed by atoms with van der Waals surface area (Å²) in [5, 5.41) is 6.80. The van der Waals surface area contributed by atoms with Crippen LogP contribution in [0.3, 0.4) is 0 Å². The van der Waals surface area contributed by atoms with Crippen molar-refractivity contribution in [2.45, 2.75) is 71.9 Å². The number of halogens is 1. The van der Waals surface area contributed by atoms with Crippen LogP contribution >= 0.6 is 11.6 Å². The van der Waals surface area contributed by atoms with Gasteiger partial charge in [-0.05, 0) is 35.1 Å². The molecule has 0 spiro atoms. The SMILES string of the molecule is CC(C)c1cccc(C(C)C)c1NC(=O)Nc1nc(-c2ccccc2)n(COCC[Si](C)(C)C)c1-c1ccccc1Cl. The van der Waals surface area contributed by atoms with E-state index in [1.165, 1.54) is 0 Å². The lowest BCUT2D eigenvalue weighted by Crippen LogP contribution is -2.23. The molecular formula is C34H43ClN4O2Si. The molecule has 2 N–H and O–H groups in total. The fourth-order valence-corrected chi connectivity index (χ4v) is 5.86. The number of rotatable bonds is 11. The monoisotopic (exact) mass is 602 g/mol. The van der Waals surface area contributed by atoms with E-state index >= 15 is 0 Å². The highest BCUT2D eigenvalue weighted by molar-refractivity contribution is 6.76. The van der Waals surface area contributed by atoms with Crippen molar-refractivity contribution in [1.82, 2.24) is 9.55 Å². The van der Waals surface area contributed by atoms with Crippen LogP contribution in [0.15, 0.2) is 72.8 Å². The normalized spacial score (nSPS) is 11.8. The topological polar surface area (TPSA) is 68.2 Å². The van der Waals surface area contributed by atoms with Gasteiger partial charge in [-0.25, -0.2) is 9.78 Å². The number of anilines is 2. The number of amides is 2. The first kappa shape index (κ1) is 31.5. The summed E-state index contributed by atoms with van der Waals surface area (Å²) in [4.78, 5) is 18.7. The molecule has 1 aromatic heterocycles. The molecule has 0 aliphatic carbocycles. The van der Waals surface area contributed by atoms with Crippen molar-refractivity contribution < 1.29 is 9.53 Å². The van der Waals surface area contributed by atoms with Crippen LogP contribution in [-0.4, -0.2) is 30.3 Å². The van der Waals surface area contributed by atoms with Crippen molar-refractivity contribution in [3.63, 3.8) is 0 Å². The molecule has 0 saturated heterocycles. The van der Waals surface area contributed by atoms with Gasteiger partial charge >= 0.3 is 6.03 Å². The first-order chi connectivity index (χ1) is 20.0. The Morgan fingerprint density at radius 2 is 1.50 bits per heavy atom. The number of ether oxygens (including phenoxy) is 1. The van der Waals surface area contributed by atoms with Gasteiger partial charge in [0.2, 0.25) is 0 Å². The summed E-state index contributed by atoms with van der Waals surface area (Å²) in [5.41, 5.74) is 5.41. The number of carbonyl (C=O) groups is 1. The van der Waals surface area contributed by atoms with Crippen molar-refractivity contribution in [2.24, 2.45) is 0 Å². The van der Waals surface area contributed by atoms with Crippen molar-refractivity contribution >= 4 is 37.2 Å². The number of carbonyl (C=O) groups excluding carboxylic acids is 1. The van der Waals surface area contributed by atoms with Crippen molar-refractivity contribution in [3.8, 4) is 22.6 Å². The number of imidazole rings is 1. The van der Waals surface area contributed by atoms with E-state index < -0.39 is 8.07 Å². The van der Waals surface area contributed by atoms with Crippen LogP contribution in [0.4, 0.5) is 16.3 Å². The Kier molecular flexibility index (Phi) is 10.3. The van der Waals surface area contributed by atoms with Gasteiger partial charge < -0.3 is 10.1 Å². The van der Waals surface area contributed by atoms with Crippen LogP contribution in [0.5, 0.6) is 0 Å². The summed E-state index contributed by atoms with van der Waals surface area (Å²) in [6.07, 6.45) is 0. The molecular weight excluding hydrogens is 560 g/mol. The van der Waals surface area contributed by atoms with Gasteiger partial charge in [-0.2, -0.15) is 0 Å². The summed E-state index contributed by atoms with van der Waals surface area (Å²) in [7, 11) is -1.28. The lowest BCUT2D eigenvalue weighted by Gasteiger charge is -2.20. The van der Waals surface area contributed by atoms with E-state index in [0.29, 0.717) is 29.0 Å². The van der Waals surface area contributed by atoms with Crippen LogP contribution in [0.2, 0.25) is 30.7 Å². The van der Waals surface area contributed by atoms with Gasteiger partial charge in [0.1, 0.15) is 12.6 Å². The highest BCUT2D eigenvalue weighted by Gasteiger charge is 2.24. The van der Waals surface area contributed by atoms with Gasteiger partial charge in [0.05, 0.1) is 10.7 Å². The minimum atomic E-state index is -1.28. The third-order valence-electron chi connectivity index (χ3n) is 7.19. The van der Waals surface area contributed by atoms with Gasteiger partial charge in [0, 0.05) is 31.5 Å². The summed E-state index contributed by atoms with van der Waals surface area (Å²) in [6, 6.07) is 24.5. The molecule has 4 rings (SSSR count). The number of nitrogens with one attached hydrogen (secondary N) is 2. The lowest BCUT2D eigenvalue weighted by atomic mass is 9.93. The van der Waals surface area contributed by atoms with Crippen molar-refractivity contribution in [3.05, 3.63) is 88.9 Å². The summed E-state index contributed by atoms with van der Waals surface area (Å²) < 4.78 is 8.26. The molecule has 0 bridgehead atoms. The molecule has 3 aromatic carbocycles. The number of hydrogen-bond acceptors (Lipinski definition) is 3. The van der Waals surface area contributed by atoms with E-state index in [4.69, 9.17) is 21.3 Å². The maximum Gasteiger partial charge on any atom is 0.324 e. The van der Waals surface area contributed by atoms with Crippen LogP contribution in [0, 0.1) is 0 Å². The maximum atomic E-state index is 13.7. The fraction of sp³-hybridized carbons (Fsp3) is 0.353. The molecule has 0 aliphatic rings. The highest BCUT2D eigenvalue weighted by atomic mass is 35.5. The second-order valence-electron chi connectivity index (χ2n) is 12.5. The minimum absolute atomic E-state index is 0.245. The Morgan fingerprint density at radius 1 is 0.881 bits per heavy atom. The standard InChI is InChI=1S/C34H43ClN4O2Si/c1-23(2)26-17-13-18-27(24(3)4)30(26)36-34(40)38-32-31(28-16-11-12-19-29(28)35)39(22-41-20-21-42(5,6)7)33(37-32)25-14-9-8-10-15-25/h8-19,23-24H,20-22H2,1-7H3,(H2,36,38,40). The molecule has 0 aliphatic heterocycles. The number of benzene rings is 3. The van der Waals surface area contributed by atoms with E-state index in [1.807, 2.05) is 59.2 Å². The predicted molar refractivity (Wildman–Crippen MR) is 179 cm³/mol. The third-order valence-corrected chi connectivity index (χ3v) is 9.22. The molecule has 8 heteroatoms. The Balaban J connectivity index is 1.79. The number of urea groups is 1. The number of hydrogen-bond donors (Lipinski definition) is 2. The van der Waals surface area contributed by atoms with Crippen LogP contribution in [0.1, 0.15) is 50.7 Å². The van der Waals surface area contributed by atoms with Crippen LogP contribution < -0.4 is 10.6 Å². The van der Waals surface area contributed by atoms with E-state index in [-0.39, 0.29) is 24.6 Å². The zero-order chi connectivity index (χ0) is 30.4. The van der Waals surface area contributed by atoms with E-state index in [0.717, 1.165) is 34.0 Å².